The van der Waals surface area contributed by atoms with Gasteiger partial charge in [0.25, 0.3) is 0 Å². The standard InChI is InChI=1S/C51H30N4S2/c1-3-14-31(15-4-1)33-18-13-19-34(28-33)50-52-49(32-16-5-2-6-17-32)53-51(54-50)41-30-35(55-42-23-10-7-20-36(42)37-21-8-11-24-43(37)55)29-40-46-45(57-47(40)41)27-26-39-38-22-9-12-25-44(38)56-48(39)46/h1-30H. The molecule has 0 spiro atoms. The monoisotopic (exact) mass is 762 g/mol. The topological polar surface area (TPSA) is 43.6 Å². The first-order chi connectivity index (χ1) is 28.2. The van der Waals surface area contributed by atoms with Gasteiger partial charge in [0.2, 0.25) is 0 Å². The van der Waals surface area contributed by atoms with Crippen molar-refractivity contribution < 1.29 is 0 Å². The minimum Gasteiger partial charge on any atom is -0.309 e. The number of hydrogen-bond donors (Lipinski definition) is 0. The van der Waals surface area contributed by atoms with Gasteiger partial charge in [-0.2, -0.15) is 0 Å². The SMILES string of the molecule is c1ccc(-c2cccc(-c3nc(-c4ccccc4)nc(-c4cc(-n5c6ccccc6c6ccccc65)cc5c4sc4ccc6c7ccccc7sc6c45)n3)c2)cc1. The molecule has 0 unspecified atom stereocenters. The summed E-state index contributed by atoms with van der Waals surface area (Å²) < 4.78 is 7.42. The van der Waals surface area contributed by atoms with Crippen LogP contribution in [0.15, 0.2) is 182 Å². The molecule has 12 rings (SSSR count). The summed E-state index contributed by atoms with van der Waals surface area (Å²) in [6.07, 6.45) is 0. The molecule has 0 atom stereocenters. The zero-order chi connectivity index (χ0) is 37.5. The van der Waals surface area contributed by atoms with Crippen molar-refractivity contribution in [3.8, 4) is 51.0 Å². The lowest BCUT2D eigenvalue weighted by molar-refractivity contribution is 1.07. The number of hydrogen-bond acceptors (Lipinski definition) is 5. The smallest absolute Gasteiger partial charge is 0.165 e. The van der Waals surface area contributed by atoms with E-state index in [1.54, 1.807) is 0 Å². The first-order valence-electron chi connectivity index (χ1n) is 19.0. The minimum absolute atomic E-state index is 0.639. The van der Waals surface area contributed by atoms with Crippen molar-refractivity contribution in [2.75, 3.05) is 0 Å². The van der Waals surface area contributed by atoms with Crippen molar-refractivity contribution in [3.05, 3.63) is 182 Å². The molecular weight excluding hydrogens is 733 g/mol. The van der Waals surface area contributed by atoms with E-state index < -0.39 is 0 Å². The van der Waals surface area contributed by atoms with Crippen molar-refractivity contribution in [3.63, 3.8) is 0 Å². The Morgan fingerprint density at radius 3 is 1.68 bits per heavy atom. The van der Waals surface area contributed by atoms with E-state index in [0.29, 0.717) is 17.5 Å². The molecular formula is C51H30N4S2. The minimum atomic E-state index is 0.639. The number of fused-ring (bicyclic) bond motifs is 10. The van der Waals surface area contributed by atoms with Crippen LogP contribution in [0.4, 0.5) is 0 Å². The number of para-hydroxylation sites is 2. The average molecular weight is 763 g/mol. The predicted octanol–water partition coefficient (Wildman–Crippen LogP) is 14.4. The van der Waals surface area contributed by atoms with Crippen molar-refractivity contribution in [1.29, 1.82) is 0 Å². The lowest BCUT2D eigenvalue weighted by Gasteiger charge is -2.13. The van der Waals surface area contributed by atoms with Crippen LogP contribution < -0.4 is 0 Å². The second kappa shape index (κ2) is 12.8. The van der Waals surface area contributed by atoms with E-state index in [1.165, 1.54) is 46.4 Å². The fraction of sp³-hybridized carbons (Fsp3) is 0. The summed E-state index contributed by atoms with van der Waals surface area (Å²) >= 11 is 3.70. The van der Waals surface area contributed by atoms with Crippen LogP contribution in [-0.4, -0.2) is 19.5 Å². The maximum absolute atomic E-state index is 5.38. The maximum Gasteiger partial charge on any atom is 0.165 e. The van der Waals surface area contributed by atoms with E-state index in [0.717, 1.165) is 49.2 Å². The highest BCUT2D eigenvalue weighted by atomic mass is 32.1. The Morgan fingerprint density at radius 2 is 0.930 bits per heavy atom. The van der Waals surface area contributed by atoms with E-state index in [2.05, 4.69) is 162 Å². The molecule has 0 aliphatic heterocycles. The van der Waals surface area contributed by atoms with Gasteiger partial charge in [0.05, 0.1) is 11.0 Å². The average Bonchev–Trinajstić information content (AvgIpc) is 3.96. The van der Waals surface area contributed by atoms with Crippen molar-refractivity contribution in [2.45, 2.75) is 0 Å². The highest BCUT2D eigenvalue weighted by Gasteiger charge is 2.22. The molecule has 12 aromatic rings. The molecule has 4 nitrogen and oxygen atoms in total. The van der Waals surface area contributed by atoms with E-state index in [4.69, 9.17) is 15.0 Å². The Morgan fingerprint density at radius 1 is 0.351 bits per heavy atom. The van der Waals surface area contributed by atoms with Crippen LogP contribution in [0.1, 0.15) is 0 Å². The molecule has 0 saturated heterocycles. The summed E-state index contributed by atoms with van der Waals surface area (Å²) in [4.78, 5) is 15.9. The van der Waals surface area contributed by atoms with Crippen LogP contribution in [-0.2, 0) is 0 Å². The third kappa shape index (κ3) is 5.15. The first kappa shape index (κ1) is 32.3. The van der Waals surface area contributed by atoms with Crippen LogP contribution >= 0.6 is 22.7 Å². The van der Waals surface area contributed by atoms with E-state index in [-0.39, 0.29) is 0 Å². The number of benzene rings is 8. The van der Waals surface area contributed by atoms with Gasteiger partial charge < -0.3 is 4.57 Å². The van der Waals surface area contributed by atoms with E-state index in [1.807, 2.05) is 46.9 Å². The fourth-order valence-electron chi connectivity index (χ4n) is 8.44. The summed E-state index contributed by atoms with van der Waals surface area (Å²) in [5, 5.41) is 7.53. The van der Waals surface area contributed by atoms with Crippen LogP contribution in [0.2, 0.25) is 0 Å². The van der Waals surface area contributed by atoms with E-state index in [9.17, 15) is 0 Å². The highest BCUT2D eigenvalue weighted by molar-refractivity contribution is 7.30. The fourth-order valence-corrected chi connectivity index (χ4v) is 11.0. The van der Waals surface area contributed by atoms with Crippen LogP contribution in [0.3, 0.4) is 0 Å². The quantitative estimate of drug-likeness (QED) is 0.175. The van der Waals surface area contributed by atoms with Crippen molar-refractivity contribution >= 4 is 84.8 Å². The Labute approximate surface area is 335 Å². The van der Waals surface area contributed by atoms with Gasteiger partial charge in [0, 0.05) is 73.5 Å². The lowest BCUT2D eigenvalue weighted by Crippen LogP contribution is -2.01. The van der Waals surface area contributed by atoms with Gasteiger partial charge in [-0.3, -0.25) is 0 Å². The van der Waals surface area contributed by atoms with Crippen LogP contribution in [0, 0.1) is 0 Å². The second-order valence-corrected chi connectivity index (χ2v) is 16.5. The third-order valence-electron chi connectivity index (χ3n) is 11.0. The molecule has 4 aromatic heterocycles. The summed E-state index contributed by atoms with van der Waals surface area (Å²) in [5.41, 5.74) is 8.53. The number of rotatable bonds is 5. The molecule has 0 N–H and O–H groups in total. The van der Waals surface area contributed by atoms with Crippen molar-refractivity contribution in [1.82, 2.24) is 19.5 Å². The van der Waals surface area contributed by atoms with Gasteiger partial charge in [0.1, 0.15) is 0 Å². The summed E-state index contributed by atoms with van der Waals surface area (Å²) in [5.74, 6) is 1.93. The number of aromatic nitrogens is 4. The molecule has 0 fully saturated rings. The van der Waals surface area contributed by atoms with Crippen molar-refractivity contribution in [2.24, 2.45) is 0 Å². The molecule has 57 heavy (non-hydrogen) atoms. The molecule has 266 valence electrons. The molecule has 0 bridgehead atoms. The Balaban J connectivity index is 1.19. The molecule has 0 aliphatic carbocycles. The number of nitrogens with zero attached hydrogens (tertiary/aromatic N) is 4. The summed E-state index contributed by atoms with van der Waals surface area (Å²) in [7, 11) is 0. The Bertz CT molecular complexity index is 3470. The molecule has 0 saturated carbocycles. The van der Waals surface area contributed by atoms with Gasteiger partial charge >= 0.3 is 0 Å². The molecule has 0 radical (unpaired) electrons. The van der Waals surface area contributed by atoms with Crippen LogP contribution in [0.25, 0.3) is 113 Å². The lowest BCUT2D eigenvalue weighted by atomic mass is 10.0. The highest BCUT2D eigenvalue weighted by Crippen LogP contribution is 2.48. The third-order valence-corrected chi connectivity index (χ3v) is 13.4. The molecule has 0 amide bonds. The van der Waals surface area contributed by atoms with Gasteiger partial charge in [-0.05, 0) is 53.6 Å². The first-order valence-corrected chi connectivity index (χ1v) is 20.7. The molecule has 0 aliphatic rings. The Hall–Kier alpha value is -6.99. The summed E-state index contributed by atoms with van der Waals surface area (Å²) in [6.45, 7) is 0. The second-order valence-electron chi connectivity index (χ2n) is 14.4. The molecule has 4 heterocycles. The van der Waals surface area contributed by atoms with Crippen LogP contribution in [0.5, 0.6) is 0 Å². The maximum atomic E-state index is 5.38. The predicted molar refractivity (Wildman–Crippen MR) is 242 cm³/mol. The Kier molecular flexibility index (Phi) is 7.24. The zero-order valence-electron chi connectivity index (χ0n) is 30.4. The van der Waals surface area contributed by atoms with Gasteiger partial charge in [0.15, 0.2) is 17.5 Å². The largest absolute Gasteiger partial charge is 0.309 e. The zero-order valence-corrected chi connectivity index (χ0v) is 32.1. The molecule has 8 aromatic carbocycles. The number of thiophene rings is 2. The van der Waals surface area contributed by atoms with Gasteiger partial charge in [-0.15, -0.1) is 22.7 Å². The van der Waals surface area contributed by atoms with Gasteiger partial charge in [-0.25, -0.2) is 15.0 Å². The molecule has 6 heteroatoms. The van der Waals surface area contributed by atoms with E-state index >= 15 is 0 Å². The summed E-state index contributed by atoms with van der Waals surface area (Å²) in [6, 6.07) is 64.7. The van der Waals surface area contributed by atoms with Gasteiger partial charge in [-0.1, -0.05) is 140 Å². The normalized spacial score (nSPS) is 11.9.